The van der Waals surface area contributed by atoms with Gasteiger partial charge in [0.2, 0.25) is 0 Å². The van der Waals surface area contributed by atoms with Gasteiger partial charge in [-0.05, 0) is 25.9 Å². The van der Waals surface area contributed by atoms with Crippen LogP contribution >= 0.6 is 0 Å². The number of nitrogens with zero attached hydrogens (tertiary/aromatic N) is 2. The lowest BCUT2D eigenvalue weighted by atomic mass is 9.73. The highest BCUT2D eigenvalue weighted by Crippen LogP contribution is 2.43. The van der Waals surface area contributed by atoms with Crippen LogP contribution in [0.2, 0.25) is 0 Å². The molecule has 4 aliphatic rings. The molecule has 0 aromatic carbocycles. The largest absolute Gasteiger partial charge is 0.477 e. The summed E-state index contributed by atoms with van der Waals surface area (Å²) in [4.78, 5) is 18.6. The third-order valence-corrected chi connectivity index (χ3v) is 3.87. The Morgan fingerprint density at radius 1 is 1.53 bits per heavy atom. The molecule has 4 aliphatic heterocycles. The number of aliphatic carboxylic acids is 1. The summed E-state index contributed by atoms with van der Waals surface area (Å²) in [7, 11) is 0. The first-order valence-corrected chi connectivity index (χ1v) is 5.40. The van der Waals surface area contributed by atoms with E-state index in [2.05, 4.69) is 10.1 Å². The SMILES string of the molecule is O=C(O)C1=NOC2(C1)CN1CCC2CC1. The smallest absolute Gasteiger partial charge is 0.353 e. The number of hydrogen-bond acceptors (Lipinski definition) is 4. The van der Waals surface area contributed by atoms with E-state index in [4.69, 9.17) is 9.94 Å². The Hall–Kier alpha value is -1.10. The van der Waals surface area contributed by atoms with Gasteiger partial charge in [-0.3, -0.25) is 4.90 Å². The van der Waals surface area contributed by atoms with Crippen molar-refractivity contribution in [3.63, 3.8) is 0 Å². The van der Waals surface area contributed by atoms with E-state index in [1.54, 1.807) is 0 Å². The Bertz CT molecular complexity index is 334. The highest BCUT2D eigenvalue weighted by molar-refractivity contribution is 6.36. The summed E-state index contributed by atoms with van der Waals surface area (Å²) < 4.78 is 0. The Kier molecular flexibility index (Phi) is 1.80. The number of fused-ring (bicyclic) bond motifs is 2. The van der Waals surface area contributed by atoms with E-state index < -0.39 is 5.97 Å². The molecule has 1 atom stereocenters. The van der Waals surface area contributed by atoms with Crippen LogP contribution in [0.25, 0.3) is 0 Å². The van der Waals surface area contributed by atoms with Crippen LogP contribution < -0.4 is 0 Å². The molecular formula is C10H14N2O3. The van der Waals surface area contributed by atoms with Crippen LogP contribution in [0.15, 0.2) is 5.16 Å². The van der Waals surface area contributed by atoms with E-state index in [1.807, 2.05) is 0 Å². The number of hydrogen-bond donors (Lipinski definition) is 1. The van der Waals surface area contributed by atoms with E-state index >= 15 is 0 Å². The Labute approximate surface area is 87.7 Å². The minimum atomic E-state index is -0.941. The summed E-state index contributed by atoms with van der Waals surface area (Å²) in [5.74, 6) is -0.452. The van der Waals surface area contributed by atoms with Crippen LogP contribution in [0.5, 0.6) is 0 Å². The molecule has 2 bridgehead atoms. The van der Waals surface area contributed by atoms with E-state index in [-0.39, 0.29) is 11.3 Å². The molecule has 0 aliphatic carbocycles. The summed E-state index contributed by atoms with van der Waals surface area (Å²) in [6, 6.07) is 0. The lowest BCUT2D eigenvalue weighted by Gasteiger charge is -2.49. The summed E-state index contributed by atoms with van der Waals surface area (Å²) in [5.41, 5.74) is -0.131. The van der Waals surface area contributed by atoms with Crippen molar-refractivity contribution >= 4 is 11.7 Å². The fourth-order valence-corrected chi connectivity index (χ4v) is 3.04. The zero-order valence-electron chi connectivity index (χ0n) is 8.48. The van der Waals surface area contributed by atoms with E-state index in [0.717, 1.165) is 32.5 Å². The van der Waals surface area contributed by atoms with Gasteiger partial charge in [-0.15, -0.1) is 0 Å². The van der Waals surface area contributed by atoms with Crippen molar-refractivity contribution in [2.24, 2.45) is 11.1 Å². The second-order valence-corrected chi connectivity index (χ2v) is 4.73. The first-order chi connectivity index (χ1) is 7.20. The van der Waals surface area contributed by atoms with Crippen LogP contribution in [0, 0.1) is 5.92 Å². The van der Waals surface area contributed by atoms with E-state index in [9.17, 15) is 4.79 Å². The van der Waals surface area contributed by atoms with Gasteiger partial charge < -0.3 is 9.94 Å². The number of carboxylic acids is 1. The van der Waals surface area contributed by atoms with Crippen molar-refractivity contribution in [1.82, 2.24) is 4.90 Å². The van der Waals surface area contributed by atoms with Gasteiger partial charge in [0.05, 0.1) is 0 Å². The van der Waals surface area contributed by atoms with E-state index in [1.165, 1.54) is 0 Å². The number of rotatable bonds is 1. The van der Waals surface area contributed by atoms with Gasteiger partial charge in [0, 0.05) is 18.9 Å². The molecule has 1 N–H and O–H groups in total. The third kappa shape index (κ3) is 1.26. The van der Waals surface area contributed by atoms with E-state index in [0.29, 0.717) is 12.3 Å². The van der Waals surface area contributed by atoms with Crippen molar-refractivity contribution in [2.75, 3.05) is 19.6 Å². The van der Waals surface area contributed by atoms with Crippen molar-refractivity contribution in [3.8, 4) is 0 Å². The number of piperidine rings is 3. The molecule has 82 valence electrons. The molecule has 1 unspecified atom stereocenters. The van der Waals surface area contributed by atoms with Crippen molar-refractivity contribution in [1.29, 1.82) is 0 Å². The Balaban J connectivity index is 1.81. The minimum absolute atomic E-state index is 0.184. The molecule has 0 aromatic heterocycles. The standard InChI is InChI=1S/C10H14N2O3/c13-9(14)8-5-10(15-11-8)6-12-3-1-7(10)2-4-12/h7H,1-6H2,(H,13,14). The van der Waals surface area contributed by atoms with Gasteiger partial charge >= 0.3 is 5.97 Å². The number of carbonyl (C=O) groups is 1. The van der Waals surface area contributed by atoms with Gasteiger partial charge in [-0.25, -0.2) is 4.79 Å². The van der Waals surface area contributed by atoms with Crippen molar-refractivity contribution in [2.45, 2.75) is 24.9 Å². The molecule has 3 saturated heterocycles. The number of carboxylic acid groups (broad SMARTS) is 1. The zero-order valence-corrected chi connectivity index (χ0v) is 8.48. The molecule has 0 aromatic rings. The average molecular weight is 210 g/mol. The second kappa shape index (κ2) is 2.95. The molecule has 4 heterocycles. The van der Waals surface area contributed by atoms with Gasteiger partial charge in [0.15, 0.2) is 11.3 Å². The normalized spacial score (nSPS) is 42.8. The van der Waals surface area contributed by atoms with Gasteiger partial charge in [0.25, 0.3) is 0 Å². The van der Waals surface area contributed by atoms with Gasteiger partial charge in [-0.1, -0.05) is 5.16 Å². The monoisotopic (exact) mass is 210 g/mol. The molecule has 4 rings (SSSR count). The Morgan fingerprint density at radius 2 is 2.27 bits per heavy atom. The molecule has 0 radical (unpaired) electrons. The first kappa shape index (κ1) is 9.15. The highest BCUT2D eigenvalue weighted by Gasteiger charge is 2.53. The quantitative estimate of drug-likeness (QED) is 0.676. The maximum atomic E-state index is 10.8. The molecule has 5 heteroatoms. The highest BCUT2D eigenvalue weighted by atomic mass is 16.7. The Morgan fingerprint density at radius 3 is 2.73 bits per heavy atom. The minimum Gasteiger partial charge on any atom is -0.477 e. The van der Waals surface area contributed by atoms with Crippen LogP contribution in [0.1, 0.15) is 19.3 Å². The lowest BCUT2D eigenvalue weighted by molar-refractivity contribution is -0.136. The third-order valence-electron chi connectivity index (χ3n) is 3.87. The fourth-order valence-electron chi connectivity index (χ4n) is 3.04. The summed E-state index contributed by atoms with van der Waals surface area (Å²) in [6.07, 6.45) is 2.70. The van der Waals surface area contributed by atoms with Gasteiger partial charge in [0.1, 0.15) is 0 Å². The fraction of sp³-hybridized carbons (Fsp3) is 0.800. The molecule has 5 nitrogen and oxygen atoms in total. The van der Waals surface area contributed by atoms with Crippen LogP contribution in [0.3, 0.4) is 0 Å². The summed E-state index contributed by atoms with van der Waals surface area (Å²) in [5, 5.41) is 12.6. The van der Waals surface area contributed by atoms with Crippen molar-refractivity contribution in [3.05, 3.63) is 0 Å². The molecule has 0 amide bonds. The van der Waals surface area contributed by atoms with Crippen LogP contribution in [-0.2, 0) is 9.63 Å². The summed E-state index contributed by atoms with van der Waals surface area (Å²) in [6.45, 7) is 3.09. The molecule has 0 saturated carbocycles. The maximum Gasteiger partial charge on any atom is 0.353 e. The molecular weight excluding hydrogens is 196 g/mol. The molecule has 3 fully saturated rings. The predicted molar refractivity (Wildman–Crippen MR) is 52.7 cm³/mol. The van der Waals surface area contributed by atoms with Gasteiger partial charge in [-0.2, -0.15) is 0 Å². The first-order valence-electron chi connectivity index (χ1n) is 5.40. The second-order valence-electron chi connectivity index (χ2n) is 4.73. The molecule has 15 heavy (non-hydrogen) atoms. The molecule has 1 spiro atoms. The lowest BCUT2D eigenvalue weighted by Crippen LogP contribution is -2.59. The maximum absolute atomic E-state index is 10.8. The number of oxime groups is 1. The van der Waals surface area contributed by atoms with Crippen molar-refractivity contribution < 1.29 is 14.7 Å². The average Bonchev–Trinajstić information content (AvgIpc) is 2.64. The zero-order chi connectivity index (χ0) is 10.5. The summed E-state index contributed by atoms with van der Waals surface area (Å²) >= 11 is 0. The topological polar surface area (TPSA) is 62.1 Å². The van der Waals surface area contributed by atoms with Crippen LogP contribution in [-0.4, -0.2) is 46.9 Å². The van der Waals surface area contributed by atoms with Crippen LogP contribution in [0.4, 0.5) is 0 Å². The predicted octanol–water partition coefficient (Wildman–Crippen LogP) is 0.312.